The Labute approximate surface area is 109 Å². The van der Waals surface area contributed by atoms with Crippen LogP contribution >= 0.6 is 0 Å². The third kappa shape index (κ3) is 2.66. The van der Waals surface area contributed by atoms with Gasteiger partial charge in [0.1, 0.15) is 11.4 Å². The van der Waals surface area contributed by atoms with E-state index in [0.29, 0.717) is 6.54 Å². The van der Waals surface area contributed by atoms with Crippen LogP contribution in [-0.2, 0) is 6.42 Å². The Hall–Kier alpha value is -1.10. The van der Waals surface area contributed by atoms with Crippen LogP contribution in [0.2, 0.25) is 0 Å². The first-order valence-corrected chi connectivity index (χ1v) is 6.37. The molecule has 0 bridgehead atoms. The van der Waals surface area contributed by atoms with Gasteiger partial charge in [0.15, 0.2) is 0 Å². The summed E-state index contributed by atoms with van der Waals surface area (Å²) >= 11 is 0. The van der Waals surface area contributed by atoms with Gasteiger partial charge in [-0.2, -0.15) is 0 Å². The average molecular weight is 249 g/mol. The Kier molecular flexibility index (Phi) is 3.61. The minimum absolute atomic E-state index is 0.0869. The van der Waals surface area contributed by atoms with E-state index in [2.05, 4.69) is 37.5 Å². The van der Waals surface area contributed by atoms with Gasteiger partial charge in [-0.25, -0.2) is 10.4 Å². The maximum Gasteiger partial charge on any atom is 0.128 e. The molecule has 1 unspecified atom stereocenters. The van der Waals surface area contributed by atoms with Crippen molar-refractivity contribution >= 4 is 0 Å². The second-order valence-corrected chi connectivity index (χ2v) is 5.69. The van der Waals surface area contributed by atoms with Gasteiger partial charge < -0.3 is 10.5 Å². The van der Waals surface area contributed by atoms with E-state index < -0.39 is 0 Å². The van der Waals surface area contributed by atoms with Crippen LogP contribution in [0.5, 0.6) is 5.75 Å². The van der Waals surface area contributed by atoms with Crippen molar-refractivity contribution in [3.63, 3.8) is 0 Å². The molecule has 1 aliphatic heterocycles. The Morgan fingerprint density at radius 3 is 2.78 bits per heavy atom. The molecule has 0 aromatic heterocycles. The number of rotatable bonds is 4. The van der Waals surface area contributed by atoms with Crippen LogP contribution in [-0.4, -0.2) is 31.3 Å². The lowest BCUT2D eigenvalue weighted by molar-refractivity contribution is 0.135. The Morgan fingerprint density at radius 2 is 2.17 bits per heavy atom. The number of para-hydroxylation sites is 1. The Bertz CT molecular complexity index is 429. The molecule has 1 atom stereocenters. The van der Waals surface area contributed by atoms with Gasteiger partial charge in [-0.1, -0.05) is 18.2 Å². The van der Waals surface area contributed by atoms with E-state index in [1.165, 1.54) is 5.56 Å². The van der Waals surface area contributed by atoms with Gasteiger partial charge in [-0.15, -0.1) is 0 Å². The van der Waals surface area contributed by atoms with E-state index in [9.17, 15) is 0 Å². The molecule has 2 rings (SSSR count). The van der Waals surface area contributed by atoms with Crippen molar-refractivity contribution in [1.82, 2.24) is 10.4 Å². The molecule has 1 heterocycles. The normalized spacial score (nSPS) is 18.6. The number of hydrogen-bond donors (Lipinski definition) is 2. The quantitative estimate of drug-likeness (QED) is 0.793. The van der Waals surface area contributed by atoms with E-state index in [1.54, 1.807) is 0 Å². The molecule has 0 amide bonds. The third-order valence-electron chi connectivity index (χ3n) is 3.15. The number of nitrogens with zero attached hydrogens (tertiary/aromatic N) is 1. The number of nitrogens with two attached hydrogens (primary N) is 1. The molecule has 0 saturated carbocycles. The first-order valence-electron chi connectivity index (χ1n) is 6.37. The summed E-state index contributed by atoms with van der Waals surface area (Å²) in [4.78, 5) is 0. The second kappa shape index (κ2) is 4.88. The number of ether oxygens (including phenoxy) is 1. The van der Waals surface area contributed by atoms with Crippen molar-refractivity contribution < 1.29 is 4.74 Å². The average Bonchev–Trinajstić information content (AvgIpc) is 2.59. The molecule has 0 radical (unpaired) electrons. The van der Waals surface area contributed by atoms with Gasteiger partial charge in [-0.3, -0.25) is 0 Å². The Morgan fingerprint density at radius 1 is 1.44 bits per heavy atom. The van der Waals surface area contributed by atoms with Crippen molar-refractivity contribution in [2.75, 3.05) is 20.6 Å². The van der Waals surface area contributed by atoms with Crippen LogP contribution in [0.3, 0.4) is 0 Å². The topological polar surface area (TPSA) is 50.5 Å². The third-order valence-corrected chi connectivity index (χ3v) is 3.15. The first kappa shape index (κ1) is 13.3. The van der Waals surface area contributed by atoms with Gasteiger partial charge in [0, 0.05) is 32.6 Å². The number of hydrazine groups is 1. The molecule has 0 fully saturated rings. The molecule has 1 aromatic rings. The van der Waals surface area contributed by atoms with Gasteiger partial charge in [0.05, 0.1) is 6.04 Å². The maximum absolute atomic E-state index is 6.08. The molecule has 4 heteroatoms. The van der Waals surface area contributed by atoms with Gasteiger partial charge in [0.2, 0.25) is 0 Å². The maximum atomic E-state index is 6.08. The van der Waals surface area contributed by atoms with E-state index >= 15 is 0 Å². The van der Waals surface area contributed by atoms with Gasteiger partial charge in [-0.05, 0) is 19.4 Å². The predicted molar refractivity (Wildman–Crippen MR) is 73.5 cm³/mol. The minimum atomic E-state index is -0.115. The smallest absolute Gasteiger partial charge is 0.128 e. The summed E-state index contributed by atoms with van der Waals surface area (Å²) < 4.78 is 6.08. The van der Waals surface area contributed by atoms with E-state index in [0.717, 1.165) is 17.7 Å². The molecule has 1 aliphatic rings. The highest BCUT2D eigenvalue weighted by molar-refractivity contribution is 5.47. The lowest BCUT2D eigenvalue weighted by Gasteiger charge is -2.25. The van der Waals surface area contributed by atoms with Gasteiger partial charge in [0.25, 0.3) is 0 Å². The summed E-state index contributed by atoms with van der Waals surface area (Å²) in [7, 11) is 3.94. The monoisotopic (exact) mass is 249 g/mol. The van der Waals surface area contributed by atoms with Crippen LogP contribution in [0.1, 0.15) is 31.0 Å². The standard InChI is InChI=1S/C14H23N3O/c1-14(2)8-10-6-5-7-11(13(10)18-14)12(9-15)16-17(3)4/h5-7,12,16H,8-9,15H2,1-4H3. The van der Waals surface area contributed by atoms with Crippen LogP contribution in [0, 0.1) is 0 Å². The molecule has 0 aliphatic carbocycles. The summed E-state index contributed by atoms with van der Waals surface area (Å²) in [6.07, 6.45) is 0.954. The zero-order valence-electron chi connectivity index (χ0n) is 11.7. The number of nitrogens with one attached hydrogen (secondary N) is 1. The van der Waals surface area contributed by atoms with Crippen LogP contribution < -0.4 is 15.9 Å². The van der Waals surface area contributed by atoms with Crippen molar-refractivity contribution in [2.24, 2.45) is 5.73 Å². The van der Waals surface area contributed by atoms with Crippen molar-refractivity contribution in [3.05, 3.63) is 29.3 Å². The molecule has 0 saturated heterocycles. The summed E-state index contributed by atoms with van der Waals surface area (Å²) in [5.41, 5.74) is 11.5. The number of fused-ring (bicyclic) bond motifs is 1. The van der Waals surface area contributed by atoms with E-state index in [-0.39, 0.29) is 11.6 Å². The molecule has 18 heavy (non-hydrogen) atoms. The highest BCUT2D eigenvalue weighted by atomic mass is 16.5. The Balaban J connectivity index is 2.33. The summed E-state index contributed by atoms with van der Waals surface area (Å²) in [5, 5.41) is 1.93. The fourth-order valence-corrected chi connectivity index (χ4v) is 2.47. The van der Waals surface area contributed by atoms with E-state index in [4.69, 9.17) is 10.5 Å². The molecule has 0 spiro atoms. The molecular formula is C14H23N3O. The van der Waals surface area contributed by atoms with Crippen LogP contribution in [0.4, 0.5) is 0 Å². The van der Waals surface area contributed by atoms with Crippen molar-refractivity contribution in [1.29, 1.82) is 0 Å². The van der Waals surface area contributed by atoms with Crippen molar-refractivity contribution in [3.8, 4) is 5.75 Å². The highest BCUT2D eigenvalue weighted by Crippen LogP contribution is 2.39. The lowest BCUT2D eigenvalue weighted by Crippen LogP contribution is -2.38. The van der Waals surface area contributed by atoms with E-state index in [1.807, 2.05) is 19.1 Å². The lowest BCUT2D eigenvalue weighted by atomic mass is 9.98. The summed E-state index contributed by atoms with van der Waals surface area (Å²) in [6.45, 7) is 4.78. The summed E-state index contributed by atoms with van der Waals surface area (Å²) in [5.74, 6) is 1.01. The largest absolute Gasteiger partial charge is 0.487 e. The molecule has 4 nitrogen and oxygen atoms in total. The first-order chi connectivity index (χ1) is 8.43. The predicted octanol–water partition coefficient (Wildman–Crippen LogP) is 1.47. The summed E-state index contributed by atoms with van der Waals surface area (Å²) in [6, 6.07) is 6.40. The zero-order chi connectivity index (χ0) is 13.3. The molecule has 1 aromatic carbocycles. The van der Waals surface area contributed by atoms with Crippen molar-refractivity contribution in [2.45, 2.75) is 31.9 Å². The number of benzene rings is 1. The fourth-order valence-electron chi connectivity index (χ4n) is 2.47. The molecular weight excluding hydrogens is 226 g/mol. The van der Waals surface area contributed by atoms with Crippen LogP contribution in [0.15, 0.2) is 18.2 Å². The SMILES string of the molecule is CN(C)NC(CN)c1cccc2c1OC(C)(C)C2. The van der Waals surface area contributed by atoms with Crippen LogP contribution in [0.25, 0.3) is 0 Å². The minimum Gasteiger partial charge on any atom is -0.487 e. The zero-order valence-corrected chi connectivity index (χ0v) is 11.7. The second-order valence-electron chi connectivity index (χ2n) is 5.69. The fraction of sp³-hybridized carbons (Fsp3) is 0.571. The molecule has 3 N–H and O–H groups in total. The molecule has 100 valence electrons. The number of hydrogen-bond acceptors (Lipinski definition) is 4. The highest BCUT2D eigenvalue weighted by Gasteiger charge is 2.33. The van der Waals surface area contributed by atoms with Gasteiger partial charge >= 0.3 is 0 Å².